The molecule has 1 aromatic heterocycles. The molecule has 2 aliphatic heterocycles. The second-order valence-corrected chi connectivity index (χ2v) is 11.4. The van der Waals surface area contributed by atoms with Crippen LogP contribution in [0.4, 0.5) is 4.39 Å². The lowest BCUT2D eigenvalue weighted by Crippen LogP contribution is -2.60. The molecule has 0 unspecified atom stereocenters. The third-order valence-corrected chi connectivity index (χ3v) is 8.85. The van der Waals surface area contributed by atoms with E-state index < -0.39 is 17.5 Å². The van der Waals surface area contributed by atoms with Crippen LogP contribution >= 0.6 is 0 Å². The number of nitrogens with zero attached hydrogens (tertiary/aromatic N) is 3. The Morgan fingerprint density at radius 3 is 2.45 bits per heavy atom. The van der Waals surface area contributed by atoms with Gasteiger partial charge in [0.1, 0.15) is 11.9 Å². The number of likely N-dealkylation sites (tertiary alicyclic amines) is 1. The summed E-state index contributed by atoms with van der Waals surface area (Å²) in [7, 11) is 0. The predicted octanol–water partition coefficient (Wildman–Crippen LogP) is 2.18. The van der Waals surface area contributed by atoms with Crippen LogP contribution in [0.5, 0.6) is 0 Å². The van der Waals surface area contributed by atoms with E-state index in [-0.39, 0.29) is 41.6 Å². The van der Waals surface area contributed by atoms with Gasteiger partial charge in [-0.05, 0) is 49.3 Å². The molecule has 2 atom stereocenters. The van der Waals surface area contributed by atoms with Crippen LogP contribution in [0.3, 0.4) is 0 Å². The number of carbonyl (C=O) groups is 3. The van der Waals surface area contributed by atoms with Gasteiger partial charge in [0, 0.05) is 51.5 Å². The predicted molar refractivity (Wildman–Crippen MR) is 145 cm³/mol. The van der Waals surface area contributed by atoms with Gasteiger partial charge in [0.25, 0.3) is 5.89 Å². The maximum absolute atomic E-state index is 13.9. The van der Waals surface area contributed by atoms with Crippen LogP contribution in [-0.4, -0.2) is 77.5 Å². The number of amides is 2. The van der Waals surface area contributed by atoms with Gasteiger partial charge in [-0.25, -0.2) is 4.39 Å². The van der Waals surface area contributed by atoms with Crippen molar-refractivity contribution in [1.29, 1.82) is 0 Å². The quantitative estimate of drug-likeness (QED) is 0.424. The highest BCUT2D eigenvalue weighted by Gasteiger charge is 2.50. The average molecular weight is 555 g/mol. The van der Waals surface area contributed by atoms with E-state index in [1.54, 1.807) is 24.0 Å². The molecule has 11 heteroatoms. The highest BCUT2D eigenvalue weighted by molar-refractivity contribution is 5.97. The number of aromatic nitrogens is 2. The minimum atomic E-state index is -0.807. The molecule has 3 heterocycles. The lowest BCUT2D eigenvalue weighted by Gasteiger charge is -2.46. The Morgan fingerprint density at radius 1 is 1.10 bits per heavy atom. The Labute approximate surface area is 233 Å². The molecule has 1 aliphatic carbocycles. The number of aryl methyl sites for hydroxylation is 1. The van der Waals surface area contributed by atoms with Gasteiger partial charge in [0.05, 0.1) is 6.04 Å². The monoisotopic (exact) mass is 554 g/mol. The van der Waals surface area contributed by atoms with Gasteiger partial charge >= 0.3 is 0 Å². The van der Waals surface area contributed by atoms with Gasteiger partial charge in [0.15, 0.2) is 0 Å². The summed E-state index contributed by atoms with van der Waals surface area (Å²) in [5, 5.41) is 17.3. The third-order valence-electron chi connectivity index (χ3n) is 8.85. The maximum atomic E-state index is 13.9. The summed E-state index contributed by atoms with van der Waals surface area (Å²) in [6, 6.07) is 4.74. The van der Waals surface area contributed by atoms with Crippen LogP contribution in [0.25, 0.3) is 0 Å². The second kappa shape index (κ2) is 12.6. The standard InChI is InChI=1S/C29H39FN6O4/c1-19-34-35-27(40-19)25(37)29(21-5-3-2-4-6-21)11-15-36(16-12-29)28(39)23(17-20-7-9-22(30)10-8-20)33-26(38)24-18-31-13-14-32-24/h7-10,21,23-24,31-32H,2-6,11-18H2,1H3,(H,33,38)/t23-,24+/m1/s1. The van der Waals surface area contributed by atoms with E-state index in [4.69, 9.17) is 4.42 Å². The summed E-state index contributed by atoms with van der Waals surface area (Å²) >= 11 is 0. The fourth-order valence-corrected chi connectivity index (χ4v) is 6.59. The van der Waals surface area contributed by atoms with Crippen LogP contribution in [-0.2, 0) is 16.0 Å². The summed E-state index contributed by atoms with van der Waals surface area (Å²) in [4.78, 5) is 42.6. The van der Waals surface area contributed by atoms with Gasteiger partial charge in [-0.2, -0.15) is 0 Å². The van der Waals surface area contributed by atoms with E-state index in [1.165, 1.54) is 18.6 Å². The number of carbonyl (C=O) groups excluding carboxylic acids is 3. The molecule has 1 saturated carbocycles. The number of piperazine rings is 1. The Hall–Kier alpha value is -3.18. The number of benzene rings is 1. The summed E-state index contributed by atoms with van der Waals surface area (Å²) in [6.07, 6.45) is 6.54. The summed E-state index contributed by atoms with van der Waals surface area (Å²) in [6.45, 7) is 4.39. The fraction of sp³-hybridized carbons (Fsp3) is 0.621. The third kappa shape index (κ3) is 6.25. The van der Waals surface area contributed by atoms with Crippen molar-refractivity contribution in [3.63, 3.8) is 0 Å². The Morgan fingerprint density at radius 2 is 1.82 bits per heavy atom. The van der Waals surface area contributed by atoms with Gasteiger partial charge in [0.2, 0.25) is 23.5 Å². The lowest BCUT2D eigenvalue weighted by molar-refractivity contribution is -0.139. The molecule has 0 bridgehead atoms. The smallest absolute Gasteiger partial charge is 0.284 e. The zero-order valence-electron chi connectivity index (χ0n) is 23.1. The summed E-state index contributed by atoms with van der Waals surface area (Å²) in [5.41, 5.74) is 0.106. The number of nitrogens with one attached hydrogen (secondary N) is 3. The van der Waals surface area contributed by atoms with Crippen LogP contribution < -0.4 is 16.0 Å². The van der Waals surface area contributed by atoms with E-state index in [2.05, 4.69) is 26.1 Å². The molecule has 2 aromatic rings. The number of hydrogen-bond acceptors (Lipinski definition) is 8. The number of rotatable bonds is 8. The van der Waals surface area contributed by atoms with Crippen molar-refractivity contribution < 1.29 is 23.2 Å². The van der Waals surface area contributed by atoms with E-state index in [1.807, 2.05) is 0 Å². The van der Waals surface area contributed by atoms with E-state index >= 15 is 0 Å². The van der Waals surface area contributed by atoms with Crippen molar-refractivity contribution >= 4 is 17.6 Å². The molecule has 2 amide bonds. The molecule has 0 spiro atoms. The fourth-order valence-electron chi connectivity index (χ4n) is 6.59. The topological polar surface area (TPSA) is 129 Å². The minimum Gasteiger partial charge on any atom is -0.419 e. The molecular formula is C29H39FN6O4. The number of Topliss-reactive ketones (excluding diaryl/α,β-unsaturated/α-hetero) is 1. The van der Waals surface area contributed by atoms with E-state index in [0.717, 1.165) is 37.8 Å². The highest BCUT2D eigenvalue weighted by atomic mass is 19.1. The van der Waals surface area contributed by atoms with Crippen molar-refractivity contribution in [3.05, 3.63) is 47.4 Å². The zero-order valence-corrected chi connectivity index (χ0v) is 23.1. The number of ketones is 1. The lowest BCUT2D eigenvalue weighted by atomic mass is 9.61. The summed E-state index contributed by atoms with van der Waals surface area (Å²) < 4.78 is 19.1. The van der Waals surface area contributed by atoms with Crippen LogP contribution in [0.1, 0.15) is 67.1 Å². The first-order chi connectivity index (χ1) is 19.4. The van der Waals surface area contributed by atoms with E-state index in [9.17, 15) is 18.8 Å². The molecular weight excluding hydrogens is 515 g/mol. The Bertz CT molecular complexity index is 1180. The van der Waals surface area contributed by atoms with Crippen molar-refractivity contribution in [2.75, 3.05) is 32.7 Å². The van der Waals surface area contributed by atoms with Crippen molar-refractivity contribution in [2.24, 2.45) is 11.3 Å². The molecule has 10 nitrogen and oxygen atoms in total. The normalized spacial score (nSPS) is 22.4. The molecule has 5 rings (SSSR count). The molecule has 1 aromatic carbocycles. The highest BCUT2D eigenvalue weighted by Crippen LogP contribution is 2.48. The van der Waals surface area contributed by atoms with Gasteiger partial charge in [-0.3, -0.25) is 14.4 Å². The maximum Gasteiger partial charge on any atom is 0.284 e. The number of piperidine rings is 1. The van der Waals surface area contributed by atoms with Gasteiger partial charge in [-0.1, -0.05) is 31.4 Å². The Kier molecular flexibility index (Phi) is 8.90. The second-order valence-electron chi connectivity index (χ2n) is 11.4. The average Bonchev–Trinajstić information content (AvgIpc) is 3.44. The van der Waals surface area contributed by atoms with Gasteiger partial charge in [-0.15, -0.1) is 10.2 Å². The first-order valence-corrected chi connectivity index (χ1v) is 14.5. The first-order valence-electron chi connectivity index (χ1n) is 14.5. The van der Waals surface area contributed by atoms with Crippen LogP contribution in [0, 0.1) is 24.1 Å². The Balaban J connectivity index is 1.33. The molecule has 3 aliphatic rings. The molecule has 3 fully saturated rings. The molecule has 0 radical (unpaired) electrons. The van der Waals surface area contributed by atoms with Crippen LogP contribution in [0.15, 0.2) is 28.7 Å². The van der Waals surface area contributed by atoms with Gasteiger partial charge < -0.3 is 25.3 Å². The number of hydrogen-bond donors (Lipinski definition) is 3. The number of halogens is 1. The zero-order chi connectivity index (χ0) is 28.1. The molecule has 3 N–H and O–H groups in total. The largest absolute Gasteiger partial charge is 0.419 e. The molecule has 40 heavy (non-hydrogen) atoms. The molecule has 216 valence electrons. The SMILES string of the molecule is Cc1nnc(C(=O)C2(C3CCCCC3)CCN(C(=O)[C@@H](Cc3ccc(F)cc3)NC(=O)[C@@H]3CNCCN3)CC2)o1. The summed E-state index contributed by atoms with van der Waals surface area (Å²) in [5.74, 6) is -0.293. The van der Waals surface area contributed by atoms with Crippen molar-refractivity contribution in [3.8, 4) is 0 Å². The minimum absolute atomic E-state index is 0.0536. The van der Waals surface area contributed by atoms with Crippen LogP contribution in [0.2, 0.25) is 0 Å². The molecule has 2 saturated heterocycles. The van der Waals surface area contributed by atoms with Crippen molar-refractivity contribution in [1.82, 2.24) is 31.0 Å². The van der Waals surface area contributed by atoms with E-state index in [0.29, 0.717) is 44.9 Å². The van der Waals surface area contributed by atoms with Crippen molar-refractivity contribution in [2.45, 2.75) is 70.4 Å². The first kappa shape index (κ1) is 28.4.